The highest BCUT2D eigenvalue weighted by Gasteiger charge is 2.28. The van der Waals surface area contributed by atoms with Crippen molar-refractivity contribution in [1.82, 2.24) is 15.4 Å². The Morgan fingerprint density at radius 1 is 1.53 bits per heavy atom. The number of carbonyl (C=O) groups is 1. The van der Waals surface area contributed by atoms with Gasteiger partial charge in [0.25, 0.3) is 0 Å². The zero-order valence-electron chi connectivity index (χ0n) is 9.86. The van der Waals surface area contributed by atoms with Gasteiger partial charge < -0.3 is 15.4 Å². The Bertz CT molecular complexity index is 338. The lowest BCUT2D eigenvalue weighted by molar-refractivity contribution is -0.120. The number of hydrogen-bond acceptors (Lipinski definition) is 5. The first-order valence-electron chi connectivity index (χ1n) is 5.51. The normalized spacial score (nSPS) is 20.4. The summed E-state index contributed by atoms with van der Waals surface area (Å²) in [5, 5.41) is 5.08. The molecular weight excluding hydrogens is 246 g/mol. The van der Waals surface area contributed by atoms with Crippen molar-refractivity contribution >= 4 is 15.9 Å². The fourth-order valence-corrected chi connectivity index (χ4v) is 2.87. The molecule has 1 rings (SSSR count). The average Bonchev–Trinajstić information content (AvgIpc) is 2.81. The zero-order valence-corrected chi connectivity index (χ0v) is 10.7. The molecule has 7 nitrogen and oxygen atoms in total. The second-order valence-corrected chi connectivity index (χ2v) is 5.87. The summed E-state index contributed by atoms with van der Waals surface area (Å²) < 4.78 is 30.5. The van der Waals surface area contributed by atoms with Gasteiger partial charge in [0, 0.05) is 20.2 Å². The van der Waals surface area contributed by atoms with E-state index in [0.29, 0.717) is 32.7 Å². The number of methoxy groups -OCH3 is 1. The van der Waals surface area contributed by atoms with Crippen LogP contribution in [0.1, 0.15) is 6.42 Å². The van der Waals surface area contributed by atoms with Crippen LogP contribution in [0.15, 0.2) is 0 Å². The van der Waals surface area contributed by atoms with Crippen LogP contribution in [0.5, 0.6) is 0 Å². The number of sulfonamides is 1. The van der Waals surface area contributed by atoms with Crippen LogP contribution in [0.2, 0.25) is 0 Å². The average molecular weight is 265 g/mol. The number of carbonyl (C=O) groups excluding carboxylic acids is 1. The molecule has 0 aromatic carbocycles. The predicted octanol–water partition coefficient (Wildman–Crippen LogP) is -1.97. The largest absolute Gasteiger partial charge is 0.383 e. The van der Waals surface area contributed by atoms with Crippen molar-refractivity contribution in [2.24, 2.45) is 0 Å². The Hall–Kier alpha value is -0.700. The van der Waals surface area contributed by atoms with Crippen LogP contribution in [0.25, 0.3) is 0 Å². The summed E-state index contributed by atoms with van der Waals surface area (Å²) in [6.07, 6.45) is 0.584. The third kappa shape index (κ3) is 4.99. The van der Waals surface area contributed by atoms with Crippen LogP contribution in [0.3, 0.4) is 0 Å². The molecule has 0 aliphatic carbocycles. The Morgan fingerprint density at radius 2 is 2.29 bits per heavy atom. The molecule has 0 aromatic heterocycles. The third-order valence-electron chi connectivity index (χ3n) is 2.52. The van der Waals surface area contributed by atoms with E-state index < -0.39 is 15.3 Å². The fourth-order valence-electron chi connectivity index (χ4n) is 1.53. The van der Waals surface area contributed by atoms with E-state index in [4.69, 9.17) is 4.74 Å². The van der Waals surface area contributed by atoms with Gasteiger partial charge in [-0.1, -0.05) is 0 Å². The van der Waals surface area contributed by atoms with Gasteiger partial charge in [0.1, 0.15) is 0 Å². The standard InChI is InChI=1S/C9H19N3O4S/c1-16-5-4-11-9(13)7-12-17(14,15)8-2-3-10-6-8/h8,10,12H,2-7H2,1H3,(H,11,13). The molecule has 1 unspecified atom stereocenters. The van der Waals surface area contributed by atoms with Crippen LogP contribution < -0.4 is 15.4 Å². The summed E-state index contributed by atoms with van der Waals surface area (Å²) in [6.45, 7) is 1.71. The summed E-state index contributed by atoms with van der Waals surface area (Å²) >= 11 is 0. The van der Waals surface area contributed by atoms with Crippen LogP contribution in [0, 0.1) is 0 Å². The quantitative estimate of drug-likeness (QED) is 0.464. The van der Waals surface area contributed by atoms with E-state index >= 15 is 0 Å². The summed E-state index contributed by atoms with van der Waals surface area (Å²) in [7, 11) is -1.86. The first kappa shape index (κ1) is 14.4. The molecular formula is C9H19N3O4S. The van der Waals surface area contributed by atoms with Crippen molar-refractivity contribution in [3.05, 3.63) is 0 Å². The first-order chi connectivity index (χ1) is 8.06. The van der Waals surface area contributed by atoms with E-state index in [1.807, 2.05) is 0 Å². The van der Waals surface area contributed by atoms with Crippen molar-refractivity contribution in [3.8, 4) is 0 Å². The third-order valence-corrected chi connectivity index (χ3v) is 4.34. The molecule has 100 valence electrons. The van der Waals surface area contributed by atoms with E-state index in [9.17, 15) is 13.2 Å². The molecule has 0 radical (unpaired) electrons. The monoisotopic (exact) mass is 265 g/mol. The minimum absolute atomic E-state index is 0.220. The molecule has 0 saturated carbocycles. The van der Waals surface area contributed by atoms with Crippen molar-refractivity contribution < 1.29 is 17.9 Å². The Morgan fingerprint density at radius 3 is 2.88 bits per heavy atom. The maximum Gasteiger partial charge on any atom is 0.235 e. The SMILES string of the molecule is COCCNC(=O)CNS(=O)(=O)C1CCNC1. The molecule has 3 N–H and O–H groups in total. The number of hydrogen-bond donors (Lipinski definition) is 3. The minimum Gasteiger partial charge on any atom is -0.383 e. The molecule has 17 heavy (non-hydrogen) atoms. The Kier molecular flexibility index (Phi) is 5.83. The highest BCUT2D eigenvalue weighted by molar-refractivity contribution is 7.90. The molecule has 0 aromatic rings. The van der Waals surface area contributed by atoms with Crippen LogP contribution >= 0.6 is 0 Å². The van der Waals surface area contributed by atoms with Gasteiger partial charge in [-0.3, -0.25) is 4.79 Å². The molecule has 1 aliphatic rings. The molecule has 1 fully saturated rings. The van der Waals surface area contributed by atoms with Gasteiger partial charge in [0.15, 0.2) is 0 Å². The number of ether oxygens (including phenoxy) is 1. The summed E-state index contributed by atoms with van der Waals surface area (Å²) in [5.74, 6) is -0.350. The second-order valence-electron chi connectivity index (χ2n) is 3.82. The van der Waals surface area contributed by atoms with Crippen molar-refractivity contribution in [3.63, 3.8) is 0 Å². The molecule has 1 amide bonds. The van der Waals surface area contributed by atoms with Gasteiger partial charge in [-0.2, -0.15) is 0 Å². The van der Waals surface area contributed by atoms with E-state index in [-0.39, 0.29) is 12.5 Å². The predicted molar refractivity (Wildman–Crippen MR) is 63.1 cm³/mol. The summed E-state index contributed by atoms with van der Waals surface area (Å²) in [5.41, 5.74) is 0. The molecule has 1 saturated heterocycles. The summed E-state index contributed by atoms with van der Waals surface area (Å²) in [4.78, 5) is 11.3. The highest BCUT2D eigenvalue weighted by Crippen LogP contribution is 2.07. The molecule has 0 bridgehead atoms. The van der Waals surface area contributed by atoms with Crippen molar-refractivity contribution in [1.29, 1.82) is 0 Å². The zero-order chi connectivity index (χ0) is 12.7. The maximum absolute atomic E-state index is 11.7. The van der Waals surface area contributed by atoms with Gasteiger partial charge in [-0.25, -0.2) is 13.1 Å². The lowest BCUT2D eigenvalue weighted by Crippen LogP contribution is -2.42. The maximum atomic E-state index is 11.7. The second kappa shape index (κ2) is 6.90. The first-order valence-corrected chi connectivity index (χ1v) is 7.05. The van der Waals surface area contributed by atoms with Gasteiger partial charge in [0.05, 0.1) is 18.4 Å². The van der Waals surface area contributed by atoms with Crippen LogP contribution in [-0.2, 0) is 19.6 Å². The molecule has 1 heterocycles. The molecule has 1 atom stereocenters. The van der Waals surface area contributed by atoms with Gasteiger partial charge in [-0.05, 0) is 13.0 Å². The van der Waals surface area contributed by atoms with Crippen LogP contribution in [0.4, 0.5) is 0 Å². The number of amides is 1. The van der Waals surface area contributed by atoms with Crippen LogP contribution in [-0.4, -0.2) is 59.5 Å². The van der Waals surface area contributed by atoms with Crippen molar-refractivity contribution in [2.45, 2.75) is 11.7 Å². The fraction of sp³-hybridized carbons (Fsp3) is 0.889. The van der Waals surface area contributed by atoms with Crippen molar-refractivity contribution in [2.75, 3.05) is 39.9 Å². The smallest absolute Gasteiger partial charge is 0.235 e. The van der Waals surface area contributed by atoms with Gasteiger partial charge >= 0.3 is 0 Å². The number of nitrogens with one attached hydrogen (secondary N) is 3. The Labute approximate surface area is 101 Å². The van der Waals surface area contributed by atoms with E-state index in [1.165, 1.54) is 7.11 Å². The number of rotatable bonds is 7. The molecule has 8 heteroatoms. The minimum atomic E-state index is -3.39. The van der Waals surface area contributed by atoms with E-state index in [2.05, 4.69) is 15.4 Å². The molecule has 0 spiro atoms. The van der Waals surface area contributed by atoms with Gasteiger partial charge in [0.2, 0.25) is 15.9 Å². The summed E-state index contributed by atoms with van der Waals surface area (Å²) in [6, 6.07) is 0. The highest BCUT2D eigenvalue weighted by atomic mass is 32.2. The molecule has 1 aliphatic heterocycles. The van der Waals surface area contributed by atoms with E-state index in [1.54, 1.807) is 0 Å². The lowest BCUT2D eigenvalue weighted by Gasteiger charge is -2.11. The topological polar surface area (TPSA) is 96.5 Å². The Balaban J connectivity index is 2.26. The van der Waals surface area contributed by atoms with E-state index in [0.717, 1.165) is 0 Å². The lowest BCUT2D eigenvalue weighted by atomic mass is 10.4. The van der Waals surface area contributed by atoms with Gasteiger partial charge in [-0.15, -0.1) is 0 Å².